The average Bonchev–Trinajstić information content (AvgIpc) is 3.26. The van der Waals surface area contributed by atoms with Crippen molar-refractivity contribution in [2.24, 2.45) is 7.05 Å². The average molecular weight is 341 g/mol. The van der Waals surface area contributed by atoms with Crippen LogP contribution >= 0.6 is 0 Å². The smallest absolute Gasteiger partial charge is 0.134 e. The lowest BCUT2D eigenvalue weighted by Gasteiger charge is -2.35. The lowest BCUT2D eigenvalue weighted by atomic mass is 10.2. The number of anilines is 2. The highest BCUT2D eigenvalue weighted by molar-refractivity contribution is 5.50. The van der Waals surface area contributed by atoms with Crippen LogP contribution in [0.2, 0.25) is 0 Å². The summed E-state index contributed by atoms with van der Waals surface area (Å²) in [7, 11) is 2.00. The fourth-order valence-corrected chi connectivity index (χ4v) is 3.71. The minimum absolute atomic E-state index is 0.929. The first-order valence-electron chi connectivity index (χ1n) is 9.23. The van der Waals surface area contributed by atoms with Crippen LogP contribution in [0.3, 0.4) is 0 Å². The zero-order valence-electron chi connectivity index (χ0n) is 15.2. The van der Waals surface area contributed by atoms with Gasteiger partial charge in [-0.3, -0.25) is 9.58 Å². The van der Waals surface area contributed by atoms with Crippen LogP contribution in [-0.4, -0.2) is 63.9 Å². The molecule has 25 heavy (non-hydrogen) atoms. The maximum Gasteiger partial charge on any atom is 0.134 e. The topological polar surface area (TPSA) is 53.3 Å². The zero-order chi connectivity index (χ0) is 17.2. The molecule has 2 aromatic rings. The van der Waals surface area contributed by atoms with Crippen LogP contribution in [0.5, 0.6) is 0 Å². The first-order chi connectivity index (χ1) is 12.2. The highest BCUT2D eigenvalue weighted by Gasteiger charge is 2.21. The molecule has 2 saturated heterocycles. The van der Waals surface area contributed by atoms with Crippen LogP contribution < -0.4 is 9.80 Å². The minimum atomic E-state index is 0.929. The highest BCUT2D eigenvalue weighted by Crippen LogP contribution is 2.22. The van der Waals surface area contributed by atoms with Gasteiger partial charge >= 0.3 is 0 Å². The molecule has 0 atom stereocenters. The summed E-state index contributed by atoms with van der Waals surface area (Å²) in [5.74, 6) is 2.14. The third kappa shape index (κ3) is 3.61. The van der Waals surface area contributed by atoms with Crippen LogP contribution in [0.4, 0.5) is 11.6 Å². The number of nitrogens with zero attached hydrogens (tertiary/aromatic N) is 7. The molecule has 2 aliphatic heterocycles. The largest absolute Gasteiger partial charge is 0.356 e. The Bertz CT molecular complexity index is 692. The zero-order valence-corrected chi connectivity index (χ0v) is 15.2. The second-order valence-electron chi connectivity index (χ2n) is 7.09. The summed E-state index contributed by atoms with van der Waals surface area (Å²) in [6.07, 6.45) is 4.25. The molecule has 4 rings (SSSR count). The normalized spacial score (nSPS) is 19.0. The second-order valence-corrected chi connectivity index (χ2v) is 7.09. The van der Waals surface area contributed by atoms with Gasteiger partial charge in [-0.2, -0.15) is 5.10 Å². The Hall–Kier alpha value is -2.15. The minimum Gasteiger partial charge on any atom is -0.356 e. The predicted molar refractivity (Wildman–Crippen MR) is 98.9 cm³/mol. The molecule has 134 valence electrons. The van der Waals surface area contributed by atoms with Crippen molar-refractivity contribution < 1.29 is 0 Å². The van der Waals surface area contributed by atoms with Crippen LogP contribution in [-0.2, 0) is 13.6 Å². The summed E-state index contributed by atoms with van der Waals surface area (Å²) in [6.45, 7) is 9.35. The molecule has 2 aliphatic rings. The Morgan fingerprint density at radius 3 is 2.12 bits per heavy atom. The molecule has 0 N–H and O–H groups in total. The Balaban J connectivity index is 1.36. The number of aromatic nitrogens is 4. The van der Waals surface area contributed by atoms with E-state index >= 15 is 0 Å². The number of aryl methyl sites for hydroxylation is 2. The molecule has 0 aliphatic carbocycles. The molecular weight excluding hydrogens is 314 g/mol. The van der Waals surface area contributed by atoms with Gasteiger partial charge in [-0.1, -0.05) is 0 Å². The van der Waals surface area contributed by atoms with E-state index in [1.807, 2.05) is 11.7 Å². The quantitative estimate of drug-likeness (QED) is 0.839. The maximum absolute atomic E-state index is 4.57. The van der Waals surface area contributed by atoms with Gasteiger partial charge in [0.1, 0.15) is 18.0 Å². The fourth-order valence-electron chi connectivity index (χ4n) is 3.71. The molecule has 7 nitrogen and oxygen atoms in total. The van der Waals surface area contributed by atoms with Gasteiger partial charge in [0.05, 0.1) is 5.69 Å². The lowest BCUT2D eigenvalue weighted by molar-refractivity contribution is 0.246. The monoisotopic (exact) mass is 341 g/mol. The van der Waals surface area contributed by atoms with E-state index < -0.39 is 0 Å². The van der Waals surface area contributed by atoms with Crippen molar-refractivity contribution in [3.05, 3.63) is 29.8 Å². The number of hydrogen-bond donors (Lipinski definition) is 0. The van der Waals surface area contributed by atoms with Crippen molar-refractivity contribution in [1.82, 2.24) is 24.6 Å². The van der Waals surface area contributed by atoms with Crippen molar-refractivity contribution in [2.45, 2.75) is 26.3 Å². The van der Waals surface area contributed by atoms with Gasteiger partial charge < -0.3 is 9.80 Å². The molecule has 0 saturated carbocycles. The second kappa shape index (κ2) is 7.00. The number of piperazine rings is 1. The van der Waals surface area contributed by atoms with Crippen LogP contribution in [0.25, 0.3) is 0 Å². The summed E-state index contributed by atoms with van der Waals surface area (Å²) in [5.41, 5.74) is 2.37. The molecule has 0 amide bonds. The Morgan fingerprint density at radius 1 is 0.880 bits per heavy atom. The predicted octanol–water partition coefficient (Wildman–Crippen LogP) is 1.44. The molecule has 0 bridgehead atoms. The molecule has 4 heterocycles. The molecular formula is C18H27N7. The molecule has 2 fully saturated rings. The van der Waals surface area contributed by atoms with Crippen LogP contribution in [0, 0.1) is 6.92 Å². The lowest BCUT2D eigenvalue weighted by Crippen LogP contribution is -2.46. The summed E-state index contributed by atoms with van der Waals surface area (Å²) in [5, 5.41) is 4.57. The van der Waals surface area contributed by atoms with Crippen molar-refractivity contribution >= 4 is 11.6 Å². The van der Waals surface area contributed by atoms with Crippen molar-refractivity contribution in [1.29, 1.82) is 0 Å². The Morgan fingerprint density at radius 2 is 1.52 bits per heavy atom. The third-order valence-corrected chi connectivity index (χ3v) is 5.31. The number of hydrogen-bond acceptors (Lipinski definition) is 6. The van der Waals surface area contributed by atoms with Gasteiger partial charge in [-0.05, 0) is 25.8 Å². The van der Waals surface area contributed by atoms with Gasteiger partial charge in [0, 0.05) is 64.6 Å². The Kier molecular flexibility index (Phi) is 4.57. The van der Waals surface area contributed by atoms with E-state index in [2.05, 4.69) is 48.8 Å². The fraction of sp³-hybridized carbons (Fsp3) is 0.611. The Labute approximate surface area is 149 Å². The number of rotatable bonds is 4. The first-order valence-corrected chi connectivity index (χ1v) is 9.23. The van der Waals surface area contributed by atoms with Gasteiger partial charge in [-0.25, -0.2) is 9.97 Å². The van der Waals surface area contributed by atoms with E-state index in [0.29, 0.717) is 0 Å². The highest BCUT2D eigenvalue weighted by atomic mass is 15.3. The van der Waals surface area contributed by atoms with Crippen molar-refractivity contribution in [2.75, 3.05) is 49.1 Å². The summed E-state index contributed by atoms with van der Waals surface area (Å²) < 4.78 is 1.95. The SMILES string of the molecule is Cc1cc(CN2CCN(c3cc(N4CCCC4)ncn3)CC2)nn1C. The van der Waals surface area contributed by atoms with E-state index in [1.54, 1.807) is 6.33 Å². The van der Waals surface area contributed by atoms with E-state index in [4.69, 9.17) is 0 Å². The van der Waals surface area contributed by atoms with Gasteiger partial charge in [0.2, 0.25) is 0 Å². The van der Waals surface area contributed by atoms with E-state index in [-0.39, 0.29) is 0 Å². The van der Waals surface area contributed by atoms with E-state index in [9.17, 15) is 0 Å². The molecule has 0 spiro atoms. The molecule has 0 radical (unpaired) electrons. The third-order valence-electron chi connectivity index (χ3n) is 5.31. The molecule has 0 aromatic carbocycles. The maximum atomic E-state index is 4.57. The van der Waals surface area contributed by atoms with Crippen LogP contribution in [0.1, 0.15) is 24.2 Å². The summed E-state index contributed by atoms with van der Waals surface area (Å²) in [6, 6.07) is 4.34. The molecule has 2 aromatic heterocycles. The standard InChI is InChI=1S/C18H27N7/c1-15-11-16(21-22(15)2)13-23-7-9-25(10-8-23)18-12-17(19-14-20-18)24-5-3-4-6-24/h11-12,14H,3-10,13H2,1-2H3. The van der Waals surface area contributed by atoms with Gasteiger partial charge in [-0.15, -0.1) is 0 Å². The van der Waals surface area contributed by atoms with Crippen LogP contribution in [0.15, 0.2) is 18.5 Å². The molecule has 7 heteroatoms. The molecule has 0 unspecified atom stereocenters. The van der Waals surface area contributed by atoms with E-state index in [0.717, 1.165) is 63.1 Å². The van der Waals surface area contributed by atoms with Crippen molar-refractivity contribution in [3.8, 4) is 0 Å². The van der Waals surface area contributed by atoms with Gasteiger partial charge in [0.25, 0.3) is 0 Å². The first kappa shape index (κ1) is 16.3. The summed E-state index contributed by atoms with van der Waals surface area (Å²) in [4.78, 5) is 16.2. The van der Waals surface area contributed by atoms with Crippen molar-refractivity contribution in [3.63, 3.8) is 0 Å². The summed E-state index contributed by atoms with van der Waals surface area (Å²) >= 11 is 0. The van der Waals surface area contributed by atoms with Gasteiger partial charge in [0.15, 0.2) is 0 Å². The van der Waals surface area contributed by atoms with E-state index in [1.165, 1.54) is 18.5 Å².